The molecular formula is C20H26N2O4. The van der Waals surface area contributed by atoms with Crippen molar-refractivity contribution in [2.24, 2.45) is 5.92 Å². The molecule has 0 aliphatic carbocycles. The Labute approximate surface area is 154 Å². The summed E-state index contributed by atoms with van der Waals surface area (Å²) in [6.45, 7) is 4.32. The summed E-state index contributed by atoms with van der Waals surface area (Å²) in [5, 5.41) is 6.21. The second-order valence-electron chi connectivity index (χ2n) is 6.11. The Kier molecular flexibility index (Phi) is 6.72. The van der Waals surface area contributed by atoms with Gasteiger partial charge in [0.2, 0.25) is 11.7 Å². The second kappa shape index (κ2) is 8.99. The van der Waals surface area contributed by atoms with Gasteiger partial charge in [0.1, 0.15) is 0 Å². The highest BCUT2D eigenvalue weighted by Crippen LogP contribution is 2.38. The fourth-order valence-corrected chi connectivity index (χ4v) is 2.40. The molecule has 0 fully saturated rings. The zero-order valence-electron chi connectivity index (χ0n) is 15.9. The standard InChI is InChI=1S/C20H26N2O4/c1-13(2)20(23)22-16-8-6-15(7-9-16)21-12-14-10-17(24-3)19(26-5)18(11-14)25-4/h6-11,13,21H,12H2,1-5H3,(H,22,23). The van der Waals surface area contributed by atoms with Gasteiger partial charge in [-0.05, 0) is 42.0 Å². The maximum atomic E-state index is 11.7. The predicted molar refractivity (Wildman–Crippen MR) is 103 cm³/mol. The molecule has 0 aromatic heterocycles. The normalized spacial score (nSPS) is 10.4. The topological polar surface area (TPSA) is 68.8 Å². The fraction of sp³-hybridized carbons (Fsp3) is 0.350. The van der Waals surface area contributed by atoms with Gasteiger partial charge in [0.15, 0.2) is 11.5 Å². The van der Waals surface area contributed by atoms with Crippen LogP contribution in [-0.2, 0) is 11.3 Å². The molecule has 26 heavy (non-hydrogen) atoms. The summed E-state index contributed by atoms with van der Waals surface area (Å²) < 4.78 is 16.1. The van der Waals surface area contributed by atoms with E-state index in [4.69, 9.17) is 14.2 Å². The van der Waals surface area contributed by atoms with Crippen molar-refractivity contribution in [3.63, 3.8) is 0 Å². The molecule has 6 heteroatoms. The van der Waals surface area contributed by atoms with Crippen LogP contribution >= 0.6 is 0 Å². The van der Waals surface area contributed by atoms with Crippen molar-refractivity contribution in [3.05, 3.63) is 42.0 Å². The Hall–Kier alpha value is -2.89. The van der Waals surface area contributed by atoms with Crippen molar-refractivity contribution < 1.29 is 19.0 Å². The Morgan fingerprint density at radius 1 is 0.923 bits per heavy atom. The van der Waals surface area contributed by atoms with Crippen molar-refractivity contribution in [1.82, 2.24) is 0 Å². The monoisotopic (exact) mass is 358 g/mol. The maximum Gasteiger partial charge on any atom is 0.226 e. The molecule has 0 unspecified atom stereocenters. The lowest BCUT2D eigenvalue weighted by Gasteiger charge is -2.15. The summed E-state index contributed by atoms with van der Waals surface area (Å²) in [6.07, 6.45) is 0. The minimum Gasteiger partial charge on any atom is -0.493 e. The van der Waals surface area contributed by atoms with Gasteiger partial charge in [-0.25, -0.2) is 0 Å². The Bertz CT molecular complexity index is 717. The van der Waals surface area contributed by atoms with E-state index in [9.17, 15) is 4.79 Å². The molecule has 2 aromatic carbocycles. The average Bonchev–Trinajstić information content (AvgIpc) is 2.66. The van der Waals surface area contributed by atoms with E-state index in [0.717, 1.165) is 16.9 Å². The van der Waals surface area contributed by atoms with Crippen LogP contribution in [0.2, 0.25) is 0 Å². The molecule has 2 rings (SSSR count). The molecule has 0 saturated carbocycles. The highest BCUT2D eigenvalue weighted by atomic mass is 16.5. The molecule has 0 aliphatic heterocycles. The van der Waals surface area contributed by atoms with Gasteiger partial charge >= 0.3 is 0 Å². The first-order valence-corrected chi connectivity index (χ1v) is 8.42. The van der Waals surface area contributed by atoms with Gasteiger partial charge in [-0.15, -0.1) is 0 Å². The number of rotatable bonds is 8. The van der Waals surface area contributed by atoms with Gasteiger partial charge < -0.3 is 24.8 Å². The van der Waals surface area contributed by atoms with Crippen molar-refractivity contribution >= 4 is 17.3 Å². The van der Waals surface area contributed by atoms with E-state index in [0.29, 0.717) is 23.8 Å². The Balaban J connectivity index is 2.05. The first-order chi connectivity index (χ1) is 12.5. The van der Waals surface area contributed by atoms with Crippen LogP contribution in [0.25, 0.3) is 0 Å². The highest BCUT2D eigenvalue weighted by molar-refractivity contribution is 5.92. The average molecular weight is 358 g/mol. The molecule has 0 radical (unpaired) electrons. The number of anilines is 2. The summed E-state index contributed by atoms with van der Waals surface area (Å²) in [4.78, 5) is 11.7. The number of amides is 1. The van der Waals surface area contributed by atoms with Crippen LogP contribution in [-0.4, -0.2) is 27.2 Å². The Morgan fingerprint density at radius 2 is 1.46 bits per heavy atom. The van der Waals surface area contributed by atoms with Gasteiger partial charge in [-0.2, -0.15) is 0 Å². The van der Waals surface area contributed by atoms with E-state index in [1.54, 1.807) is 21.3 Å². The van der Waals surface area contributed by atoms with E-state index < -0.39 is 0 Å². The van der Waals surface area contributed by atoms with Crippen LogP contribution in [0, 0.1) is 5.92 Å². The minimum absolute atomic E-state index is 0.00290. The first-order valence-electron chi connectivity index (χ1n) is 8.42. The number of hydrogen-bond acceptors (Lipinski definition) is 5. The number of carbonyl (C=O) groups is 1. The Morgan fingerprint density at radius 3 is 1.92 bits per heavy atom. The van der Waals surface area contributed by atoms with Gasteiger partial charge in [0.25, 0.3) is 0 Å². The van der Waals surface area contributed by atoms with E-state index in [-0.39, 0.29) is 11.8 Å². The van der Waals surface area contributed by atoms with E-state index in [1.165, 1.54) is 0 Å². The molecule has 0 aliphatic rings. The molecule has 0 atom stereocenters. The molecule has 0 saturated heterocycles. The fourth-order valence-electron chi connectivity index (χ4n) is 2.40. The van der Waals surface area contributed by atoms with Crippen molar-refractivity contribution in [1.29, 1.82) is 0 Å². The summed E-state index contributed by atoms with van der Waals surface area (Å²) in [7, 11) is 4.77. The number of carbonyl (C=O) groups excluding carboxylic acids is 1. The zero-order chi connectivity index (χ0) is 19.1. The van der Waals surface area contributed by atoms with E-state index in [2.05, 4.69) is 10.6 Å². The molecule has 0 bridgehead atoms. The summed E-state index contributed by atoms with van der Waals surface area (Å²) >= 11 is 0. The van der Waals surface area contributed by atoms with Gasteiger partial charge in [0.05, 0.1) is 21.3 Å². The molecular weight excluding hydrogens is 332 g/mol. The third-order valence-electron chi connectivity index (χ3n) is 3.90. The van der Waals surface area contributed by atoms with E-state index >= 15 is 0 Å². The van der Waals surface area contributed by atoms with Gasteiger partial charge in [-0.3, -0.25) is 4.79 Å². The maximum absolute atomic E-state index is 11.7. The molecule has 1 amide bonds. The highest BCUT2D eigenvalue weighted by Gasteiger charge is 2.13. The van der Waals surface area contributed by atoms with Crippen LogP contribution in [0.3, 0.4) is 0 Å². The van der Waals surface area contributed by atoms with Crippen LogP contribution in [0.15, 0.2) is 36.4 Å². The molecule has 2 aromatic rings. The summed E-state index contributed by atoms with van der Waals surface area (Å²) in [6, 6.07) is 11.4. The number of nitrogens with one attached hydrogen (secondary N) is 2. The lowest BCUT2D eigenvalue weighted by molar-refractivity contribution is -0.118. The van der Waals surface area contributed by atoms with Crippen molar-refractivity contribution in [2.75, 3.05) is 32.0 Å². The number of hydrogen-bond donors (Lipinski definition) is 2. The summed E-state index contributed by atoms with van der Waals surface area (Å²) in [5.74, 6) is 1.77. The van der Waals surface area contributed by atoms with Crippen LogP contribution in [0.4, 0.5) is 11.4 Å². The van der Waals surface area contributed by atoms with Gasteiger partial charge in [-0.1, -0.05) is 13.8 Å². The van der Waals surface area contributed by atoms with Crippen molar-refractivity contribution in [2.45, 2.75) is 20.4 Å². The third kappa shape index (κ3) is 4.81. The van der Waals surface area contributed by atoms with Crippen LogP contribution in [0.1, 0.15) is 19.4 Å². The third-order valence-corrected chi connectivity index (χ3v) is 3.90. The van der Waals surface area contributed by atoms with Crippen LogP contribution < -0.4 is 24.8 Å². The largest absolute Gasteiger partial charge is 0.493 e. The molecule has 2 N–H and O–H groups in total. The lowest BCUT2D eigenvalue weighted by Crippen LogP contribution is -2.17. The van der Waals surface area contributed by atoms with Gasteiger partial charge in [0, 0.05) is 23.8 Å². The van der Waals surface area contributed by atoms with Crippen LogP contribution in [0.5, 0.6) is 17.2 Å². The van der Waals surface area contributed by atoms with E-state index in [1.807, 2.05) is 50.2 Å². The second-order valence-corrected chi connectivity index (χ2v) is 6.11. The number of benzene rings is 2. The van der Waals surface area contributed by atoms with Crippen molar-refractivity contribution in [3.8, 4) is 17.2 Å². The zero-order valence-corrected chi connectivity index (χ0v) is 15.9. The smallest absolute Gasteiger partial charge is 0.226 e. The molecule has 0 heterocycles. The molecule has 0 spiro atoms. The molecule has 140 valence electrons. The first kappa shape index (κ1) is 19.4. The number of methoxy groups -OCH3 is 3. The number of ether oxygens (including phenoxy) is 3. The summed E-state index contributed by atoms with van der Waals surface area (Å²) in [5.41, 5.74) is 2.72. The lowest BCUT2D eigenvalue weighted by atomic mass is 10.1. The predicted octanol–water partition coefficient (Wildman–Crippen LogP) is 3.92. The minimum atomic E-state index is -0.0483. The quantitative estimate of drug-likeness (QED) is 0.748. The SMILES string of the molecule is COc1cc(CNc2ccc(NC(=O)C(C)C)cc2)cc(OC)c1OC. The molecule has 6 nitrogen and oxygen atoms in total.